The van der Waals surface area contributed by atoms with E-state index in [0.717, 1.165) is 0 Å². The van der Waals surface area contributed by atoms with Crippen LogP contribution in [0.15, 0.2) is 18.2 Å². The van der Waals surface area contributed by atoms with Crippen LogP contribution in [0.25, 0.3) is 0 Å². The summed E-state index contributed by atoms with van der Waals surface area (Å²) in [5, 5.41) is 0. The van der Waals surface area contributed by atoms with Crippen LogP contribution in [-0.4, -0.2) is 23.0 Å². The van der Waals surface area contributed by atoms with Gasteiger partial charge in [0.25, 0.3) is 0 Å². The molecule has 0 spiro atoms. The van der Waals surface area contributed by atoms with Gasteiger partial charge in [0.15, 0.2) is 0 Å². The van der Waals surface area contributed by atoms with Gasteiger partial charge in [0.05, 0.1) is 4.99 Å². The first-order chi connectivity index (χ1) is 8.45. The molecule has 0 radical (unpaired) electrons. The predicted molar refractivity (Wildman–Crippen MR) is 73.3 cm³/mol. The van der Waals surface area contributed by atoms with Crippen LogP contribution >= 0.6 is 12.2 Å². The van der Waals surface area contributed by atoms with E-state index in [0.29, 0.717) is 18.1 Å². The quantitative estimate of drug-likeness (QED) is 0.807. The number of hydrogen-bond donors (Lipinski definition) is 1. The van der Waals surface area contributed by atoms with E-state index in [-0.39, 0.29) is 18.0 Å². The van der Waals surface area contributed by atoms with E-state index < -0.39 is 11.6 Å². The Balaban J connectivity index is 2.77. The maximum absolute atomic E-state index is 13.5. The maximum Gasteiger partial charge on any atom is 0.130 e. The predicted octanol–water partition coefficient (Wildman–Crippen LogP) is 2.71. The van der Waals surface area contributed by atoms with Crippen LogP contribution in [0.5, 0.6) is 0 Å². The topological polar surface area (TPSA) is 29.3 Å². The molecule has 0 amide bonds. The second-order valence-corrected chi connectivity index (χ2v) is 4.80. The van der Waals surface area contributed by atoms with Gasteiger partial charge in [-0.1, -0.05) is 32.1 Å². The van der Waals surface area contributed by atoms with Crippen molar-refractivity contribution in [1.82, 2.24) is 4.90 Å². The second-order valence-electron chi connectivity index (χ2n) is 4.33. The summed E-state index contributed by atoms with van der Waals surface area (Å²) in [7, 11) is 0. The number of halogens is 2. The number of hydrogen-bond acceptors (Lipinski definition) is 2. The van der Waals surface area contributed by atoms with Gasteiger partial charge in [-0.15, -0.1) is 0 Å². The van der Waals surface area contributed by atoms with Crippen molar-refractivity contribution in [3.8, 4) is 0 Å². The lowest BCUT2D eigenvalue weighted by molar-refractivity contribution is 0.256. The average Bonchev–Trinajstić information content (AvgIpc) is 2.32. The molecule has 0 heterocycles. The van der Waals surface area contributed by atoms with Crippen LogP contribution in [0.1, 0.15) is 19.4 Å². The van der Waals surface area contributed by atoms with Gasteiger partial charge < -0.3 is 5.73 Å². The van der Waals surface area contributed by atoms with Crippen molar-refractivity contribution < 1.29 is 8.78 Å². The summed E-state index contributed by atoms with van der Waals surface area (Å²) < 4.78 is 27.1. The van der Waals surface area contributed by atoms with Gasteiger partial charge in [-0.2, -0.15) is 0 Å². The van der Waals surface area contributed by atoms with Crippen molar-refractivity contribution in [3.05, 3.63) is 35.4 Å². The van der Waals surface area contributed by atoms with E-state index in [1.807, 2.05) is 18.7 Å². The molecular weight excluding hydrogens is 254 g/mol. The molecule has 0 saturated carbocycles. The second kappa shape index (κ2) is 6.75. The van der Waals surface area contributed by atoms with Gasteiger partial charge >= 0.3 is 0 Å². The Bertz CT molecular complexity index is 403. The van der Waals surface area contributed by atoms with Gasteiger partial charge in [0.2, 0.25) is 0 Å². The zero-order valence-corrected chi connectivity index (χ0v) is 11.4. The van der Waals surface area contributed by atoms with Crippen molar-refractivity contribution >= 4 is 17.2 Å². The molecule has 0 aromatic heterocycles. The standard InChI is InChI=1S/C13H18F2N2S/c1-3-17(7-9(2)13(16)18)8-10-11(14)5-4-6-12(10)15/h4-6,9H,3,7-8H2,1-2H3,(H2,16,18). The molecular formula is C13H18F2N2S. The molecule has 1 unspecified atom stereocenters. The Labute approximate surface area is 112 Å². The summed E-state index contributed by atoms with van der Waals surface area (Å²) in [6.07, 6.45) is 0. The zero-order chi connectivity index (χ0) is 13.7. The lowest BCUT2D eigenvalue weighted by Gasteiger charge is -2.24. The maximum atomic E-state index is 13.5. The van der Waals surface area contributed by atoms with Gasteiger partial charge in [-0.3, -0.25) is 4.90 Å². The van der Waals surface area contributed by atoms with Gasteiger partial charge in [-0.05, 0) is 18.7 Å². The number of nitrogens with zero attached hydrogens (tertiary/aromatic N) is 1. The molecule has 1 aromatic rings. The fourth-order valence-electron chi connectivity index (χ4n) is 1.69. The van der Waals surface area contributed by atoms with E-state index in [1.165, 1.54) is 18.2 Å². The highest BCUT2D eigenvalue weighted by Gasteiger charge is 2.15. The summed E-state index contributed by atoms with van der Waals surface area (Å²) >= 11 is 4.90. The van der Waals surface area contributed by atoms with Crippen molar-refractivity contribution in [2.45, 2.75) is 20.4 Å². The number of rotatable bonds is 6. The molecule has 0 aliphatic carbocycles. The summed E-state index contributed by atoms with van der Waals surface area (Å²) in [4.78, 5) is 2.34. The van der Waals surface area contributed by atoms with E-state index >= 15 is 0 Å². The molecule has 1 aromatic carbocycles. The lowest BCUT2D eigenvalue weighted by atomic mass is 10.1. The van der Waals surface area contributed by atoms with E-state index in [1.54, 1.807) is 0 Å². The first kappa shape index (κ1) is 15.0. The normalized spacial score (nSPS) is 12.7. The molecule has 0 bridgehead atoms. The molecule has 2 N–H and O–H groups in total. The molecule has 1 atom stereocenters. The fourth-order valence-corrected chi connectivity index (χ4v) is 1.76. The minimum absolute atomic E-state index is 0.0229. The van der Waals surface area contributed by atoms with Crippen LogP contribution in [0.2, 0.25) is 0 Å². The van der Waals surface area contributed by atoms with Gasteiger partial charge in [-0.25, -0.2) is 8.78 Å². The van der Waals surface area contributed by atoms with E-state index in [2.05, 4.69) is 0 Å². The third-order valence-corrected chi connectivity index (χ3v) is 3.31. The Kier molecular flexibility index (Phi) is 5.62. The molecule has 2 nitrogen and oxygen atoms in total. The lowest BCUT2D eigenvalue weighted by Crippen LogP contribution is -2.34. The minimum atomic E-state index is -0.517. The first-order valence-electron chi connectivity index (χ1n) is 5.90. The monoisotopic (exact) mass is 272 g/mol. The average molecular weight is 272 g/mol. The molecule has 5 heteroatoms. The molecule has 18 heavy (non-hydrogen) atoms. The van der Waals surface area contributed by atoms with Crippen LogP contribution < -0.4 is 5.73 Å². The van der Waals surface area contributed by atoms with Crippen molar-refractivity contribution in [3.63, 3.8) is 0 Å². The molecule has 0 saturated heterocycles. The van der Waals surface area contributed by atoms with Crippen molar-refractivity contribution in [2.75, 3.05) is 13.1 Å². The van der Waals surface area contributed by atoms with Crippen molar-refractivity contribution in [1.29, 1.82) is 0 Å². The number of thiocarbonyl (C=S) groups is 1. The highest BCUT2D eigenvalue weighted by Crippen LogP contribution is 2.15. The third kappa shape index (κ3) is 3.99. The molecule has 0 aliphatic rings. The number of nitrogens with two attached hydrogens (primary N) is 1. The van der Waals surface area contributed by atoms with Gasteiger partial charge in [0.1, 0.15) is 11.6 Å². The summed E-state index contributed by atoms with van der Waals surface area (Å²) in [6, 6.07) is 3.90. The third-order valence-electron chi connectivity index (χ3n) is 2.91. The Hall–Kier alpha value is -1.07. The summed E-state index contributed by atoms with van der Waals surface area (Å²) in [5.41, 5.74) is 5.64. The molecule has 100 valence electrons. The molecule has 0 fully saturated rings. The molecule has 0 aliphatic heterocycles. The Morgan fingerprint density at radius 2 is 1.94 bits per heavy atom. The minimum Gasteiger partial charge on any atom is -0.393 e. The largest absolute Gasteiger partial charge is 0.393 e. The fraction of sp³-hybridized carbons (Fsp3) is 0.462. The van der Waals surface area contributed by atoms with Crippen LogP contribution in [0.3, 0.4) is 0 Å². The SMILES string of the molecule is CCN(Cc1c(F)cccc1F)CC(C)C(N)=S. The smallest absolute Gasteiger partial charge is 0.130 e. The highest BCUT2D eigenvalue weighted by atomic mass is 32.1. The highest BCUT2D eigenvalue weighted by molar-refractivity contribution is 7.80. The first-order valence-corrected chi connectivity index (χ1v) is 6.31. The summed E-state index contributed by atoms with van der Waals surface area (Å²) in [5.74, 6) is -1.01. The Morgan fingerprint density at radius 3 is 2.39 bits per heavy atom. The van der Waals surface area contributed by atoms with Gasteiger partial charge in [0, 0.05) is 24.6 Å². The Morgan fingerprint density at radius 1 is 1.39 bits per heavy atom. The van der Waals surface area contributed by atoms with Crippen LogP contribution in [0, 0.1) is 17.6 Å². The van der Waals surface area contributed by atoms with E-state index in [9.17, 15) is 8.78 Å². The van der Waals surface area contributed by atoms with Crippen LogP contribution in [0.4, 0.5) is 8.78 Å². The summed E-state index contributed by atoms with van der Waals surface area (Å²) in [6.45, 7) is 5.34. The van der Waals surface area contributed by atoms with Crippen LogP contribution in [-0.2, 0) is 6.54 Å². The zero-order valence-electron chi connectivity index (χ0n) is 10.6. The van der Waals surface area contributed by atoms with E-state index in [4.69, 9.17) is 18.0 Å². The van der Waals surface area contributed by atoms with Crippen molar-refractivity contribution in [2.24, 2.45) is 11.7 Å². The number of benzene rings is 1. The molecule has 1 rings (SSSR count).